The van der Waals surface area contributed by atoms with E-state index in [2.05, 4.69) is 41.8 Å². The van der Waals surface area contributed by atoms with Gasteiger partial charge in [-0.2, -0.15) is 0 Å². The van der Waals surface area contributed by atoms with Crippen LogP contribution in [-0.2, 0) is 9.59 Å². The fourth-order valence-corrected chi connectivity index (χ4v) is 4.90. The molecule has 1 aliphatic heterocycles. The summed E-state index contributed by atoms with van der Waals surface area (Å²) in [6.07, 6.45) is 1.62. The SMILES string of the molecule is CCOc1cc(/C=C2/SC(=O)N(CC(=O)Nc3ccc(C(C)C)cc3)C2=O)cc(I)c1OC. The van der Waals surface area contributed by atoms with E-state index in [0.717, 1.165) is 25.8 Å². The number of benzene rings is 2. The quantitative estimate of drug-likeness (QED) is 0.328. The van der Waals surface area contributed by atoms with E-state index in [0.29, 0.717) is 35.3 Å². The van der Waals surface area contributed by atoms with Gasteiger partial charge in [0.05, 0.1) is 22.2 Å². The molecule has 3 rings (SSSR count). The van der Waals surface area contributed by atoms with Crippen LogP contribution in [0.4, 0.5) is 10.5 Å². The summed E-state index contributed by atoms with van der Waals surface area (Å²) in [6.45, 7) is 6.16. The molecule has 1 fully saturated rings. The number of nitrogens with zero attached hydrogens (tertiary/aromatic N) is 1. The Balaban J connectivity index is 1.72. The molecule has 0 atom stereocenters. The molecule has 2 aromatic carbocycles. The maximum Gasteiger partial charge on any atom is 0.294 e. The van der Waals surface area contributed by atoms with Gasteiger partial charge in [-0.1, -0.05) is 26.0 Å². The minimum absolute atomic E-state index is 0.248. The van der Waals surface area contributed by atoms with Crippen LogP contribution in [-0.4, -0.2) is 42.2 Å². The Hall–Kier alpha value is -2.53. The molecule has 1 saturated heterocycles. The summed E-state index contributed by atoms with van der Waals surface area (Å²) in [7, 11) is 1.56. The number of ether oxygens (including phenoxy) is 2. The average Bonchev–Trinajstić information content (AvgIpc) is 3.01. The smallest absolute Gasteiger partial charge is 0.294 e. The normalized spacial score (nSPS) is 14.8. The predicted molar refractivity (Wildman–Crippen MR) is 139 cm³/mol. The van der Waals surface area contributed by atoms with Gasteiger partial charge in [0, 0.05) is 5.69 Å². The largest absolute Gasteiger partial charge is 0.492 e. The Morgan fingerprint density at radius 3 is 2.52 bits per heavy atom. The molecule has 0 aromatic heterocycles. The van der Waals surface area contributed by atoms with Gasteiger partial charge in [0.1, 0.15) is 6.54 Å². The van der Waals surface area contributed by atoms with Crippen molar-refractivity contribution in [3.63, 3.8) is 0 Å². The fourth-order valence-electron chi connectivity index (χ4n) is 3.22. The van der Waals surface area contributed by atoms with E-state index in [1.54, 1.807) is 19.3 Å². The van der Waals surface area contributed by atoms with E-state index < -0.39 is 17.1 Å². The number of rotatable bonds is 8. The lowest BCUT2D eigenvalue weighted by atomic mass is 10.0. The number of amides is 3. The van der Waals surface area contributed by atoms with Crippen molar-refractivity contribution in [2.45, 2.75) is 26.7 Å². The lowest BCUT2D eigenvalue weighted by Gasteiger charge is -2.13. The number of hydrogen-bond donors (Lipinski definition) is 1. The van der Waals surface area contributed by atoms with Gasteiger partial charge in [0.25, 0.3) is 11.1 Å². The van der Waals surface area contributed by atoms with Gasteiger partial charge < -0.3 is 14.8 Å². The van der Waals surface area contributed by atoms with Crippen LogP contribution >= 0.6 is 34.4 Å². The molecule has 7 nitrogen and oxygen atoms in total. The van der Waals surface area contributed by atoms with E-state index in [-0.39, 0.29) is 11.4 Å². The van der Waals surface area contributed by atoms with E-state index in [4.69, 9.17) is 9.47 Å². The van der Waals surface area contributed by atoms with Gasteiger partial charge in [-0.05, 0) is 88.7 Å². The van der Waals surface area contributed by atoms with E-state index in [1.165, 1.54) is 0 Å². The van der Waals surface area contributed by atoms with Gasteiger partial charge in [-0.15, -0.1) is 0 Å². The molecule has 0 bridgehead atoms. The highest BCUT2D eigenvalue weighted by Gasteiger charge is 2.36. The highest BCUT2D eigenvalue weighted by atomic mass is 127. The van der Waals surface area contributed by atoms with Crippen molar-refractivity contribution in [3.8, 4) is 11.5 Å². The number of halogens is 1. The highest BCUT2D eigenvalue weighted by molar-refractivity contribution is 14.1. The summed E-state index contributed by atoms with van der Waals surface area (Å²) in [4.78, 5) is 38.9. The van der Waals surface area contributed by atoms with Crippen molar-refractivity contribution in [3.05, 3.63) is 56.0 Å². The fraction of sp³-hybridized carbons (Fsp3) is 0.292. The molecule has 33 heavy (non-hydrogen) atoms. The van der Waals surface area contributed by atoms with Crippen LogP contribution in [0.5, 0.6) is 11.5 Å². The number of carbonyl (C=O) groups is 3. The van der Waals surface area contributed by atoms with Crippen molar-refractivity contribution in [1.82, 2.24) is 4.90 Å². The molecule has 2 aromatic rings. The second kappa shape index (κ2) is 11.1. The van der Waals surface area contributed by atoms with E-state index in [9.17, 15) is 14.4 Å². The summed E-state index contributed by atoms with van der Waals surface area (Å²) in [5.41, 5.74) is 2.47. The average molecular weight is 580 g/mol. The lowest BCUT2D eigenvalue weighted by Crippen LogP contribution is -2.36. The zero-order valence-corrected chi connectivity index (χ0v) is 21.8. The molecule has 0 saturated carbocycles. The number of hydrogen-bond acceptors (Lipinski definition) is 6. The zero-order valence-electron chi connectivity index (χ0n) is 18.8. The Morgan fingerprint density at radius 1 is 1.21 bits per heavy atom. The van der Waals surface area contributed by atoms with Crippen molar-refractivity contribution in [2.24, 2.45) is 0 Å². The molecule has 0 radical (unpaired) electrons. The Morgan fingerprint density at radius 2 is 1.91 bits per heavy atom. The van der Waals surface area contributed by atoms with Crippen LogP contribution in [0.3, 0.4) is 0 Å². The molecule has 1 heterocycles. The lowest BCUT2D eigenvalue weighted by molar-refractivity contribution is -0.127. The Kier molecular flexibility index (Phi) is 8.41. The number of thioether (sulfide) groups is 1. The molecular weight excluding hydrogens is 555 g/mol. The van der Waals surface area contributed by atoms with Crippen LogP contribution in [0.25, 0.3) is 6.08 Å². The van der Waals surface area contributed by atoms with Crippen LogP contribution in [0.2, 0.25) is 0 Å². The molecule has 0 unspecified atom stereocenters. The number of imide groups is 1. The van der Waals surface area contributed by atoms with Crippen molar-refractivity contribution in [2.75, 3.05) is 25.6 Å². The molecule has 3 amide bonds. The van der Waals surface area contributed by atoms with Gasteiger partial charge in [-0.25, -0.2) is 0 Å². The van der Waals surface area contributed by atoms with Crippen molar-refractivity contribution < 1.29 is 23.9 Å². The topological polar surface area (TPSA) is 84.9 Å². The van der Waals surface area contributed by atoms with Gasteiger partial charge >= 0.3 is 0 Å². The molecule has 1 aliphatic rings. The van der Waals surface area contributed by atoms with Gasteiger partial charge in [0.15, 0.2) is 11.5 Å². The Labute approximate surface area is 211 Å². The van der Waals surface area contributed by atoms with Crippen LogP contribution in [0.15, 0.2) is 41.3 Å². The first-order valence-electron chi connectivity index (χ1n) is 10.4. The summed E-state index contributed by atoms with van der Waals surface area (Å²) < 4.78 is 11.8. The second-order valence-corrected chi connectivity index (χ2v) is 9.72. The summed E-state index contributed by atoms with van der Waals surface area (Å²) in [6, 6.07) is 11.1. The molecule has 174 valence electrons. The third-order valence-corrected chi connectivity index (χ3v) is 6.58. The first-order chi connectivity index (χ1) is 15.7. The van der Waals surface area contributed by atoms with Crippen LogP contribution in [0, 0.1) is 3.57 Å². The Bertz CT molecular complexity index is 1100. The van der Waals surface area contributed by atoms with E-state index in [1.807, 2.05) is 37.3 Å². The van der Waals surface area contributed by atoms with Crippen LogP contribution < -0.4 is 14.8 Å². The van der Waals surface area contributed by atoms with E-state index >= 15 is 0 Å². The second-order valence-electron chi connectivity index (χ2n) is 7.56. The molecular formula is C24H25IN2O5S. The minimum Gasteiger partial charge on any atom is -0.492 e. The number of carbonyl (C=O) groups excluding carboxylic acids is 3. The van der Waals surface area contributed by atoms with Crippen molar-refractivity contribution in [1.29, 1.82) is 0 Å². The summed E-state index contributed by atoms with van der Waals surface area (Å²) in [5, 5.41) is 2.26. The zero-order chi connectivity index (χ0) is 24.1. The molecule has 1 N–H and O–H groups in total. The minimum atomic E-state index is -0.501. The molecule has 9 heteroatoms. The summed E-state index contributed by atoms with van der Waals surface area (Å²) in [5.74, 6) is 0.615. The van der Waals surface area contributed by atoms with Gasteiger partial charge in [0.2, 0.25) is 5.91 Å². The highest BCUT2D eigenvalue weighted by Crippen LogP contribution is 2.37. The third kappa shape index (κ3) is 6.08. The number of anilines is 1. The molecule has 0 spiro atoms. The number of nitrogens with one attached hydrogen (secondary N) is 1. The third-order valence-electron chi connectivity index (χ3n) is 4.87. The predicted octanol–water partition coefficient (Wildman–Crippen LogP) is 5.50. The van der Waals surface area contributed by atoms with Crippen LogP contribution in [0.1, 0.15) is 37.8 Å². The summed E-state index contributed by atoms with van der Waals surface area (Å²) >= 11 is 2.94. The monoisotopic (exact) mass is 580 g/mol. The molecule has 0 aliphatic carbocycles. The maximum absolute atomic E-state index is 12.8. The number of methoxy groups -OCH3 is 1. The maximum atomic E-state index is 12.8. The standard InChI is InChI=1S/C24H25IN2O5S/c1-5-32-19-11-15(10-18(25)22(19)31-4)12-20-23(29)27(24(30)33-20)13-21(28)26-17-8-6-16(7-9-17)14(2)3/h6-12,14H,5,13H2,1-4H3,(H,26,28)/b20-12+. The first kappa shape index (κ1) is 25.1. The first-order valence-corrected chi connectivity index (χ1v) is 12.3. The van der Waals surface area contributed by atoms with Gasteiger partial charge in [-0.3, -0.25) is 19.3 Å². The van der Waals surface area contributed by atoms with Crippen molar-refractivity contribution >= 4 is 63.2 Å².